The van der Waals surface area contributed by atoms with Gasteiger partial charge in [0.2, 0.25) is 5.91 Å². The van der Waals surface area contributed by atoms with Gasteiger partial charge in [0.25, 0.3) is 10.1 Å². The highest BCUT2D eigenvalue weighted by Crippen LogP contribution is 2.16. The van der Waals surface area contributed by atoms with Crippen LogP contribution in [0, 0.1) is 0 Å². The van der Waals surface area contributed by atoms with Crippen molar-refractivity contribution < 1.29 is 28.0 Å². The summed E-state index contributed by atoms with van der Waals surface area (Å²) in [6.07, 6.45) is 29.9. The second-order valence-corrected chi connectivity index (χ2v) is 14.5. The van der Waals surface area contributed by atoms with Gasteiger partial charge in [-0.05, 0) is 12.8 Å². The van der Waals surface area contributed by atoms with Crippen LogP contribution in [-0.4, -0.2) is 53.1 Å². The Balaban J connectivity index is 3.99. The number of nitrogens with one attached hydrogen (secondary N) is 1. The van der Waals surface area contributed by atoms with E-state index >= 15 is 0 Å². The van der Waals surface area contributed by atoms with Crippen molar-refractivity contribution in [1.29, 1.82) is 0 Å². The van der Waals surface area contributed by atoms with Gasteiger partial charge in [0.05, 0.1) is 17.9 Å². The van der Waals surface area contributed by atoms with E-state index in [0.29, 0.717) is 19.3 Å². The van der Waals surface area contributed by atoms with Crippen LogP contribution in [0.15, 0.2) is 0 Å². The highest BCUT2D eigenvalue weighted by Gasteiger charge is 2.28. The van der Waals surface area contributed by atoms with Crippen LogP contribution < -0.4 is 5.32 Å². The molecule has 0 aliphatic rings. The van der Waals surface area contributed by atoms with Gasteiger partial charge < -0.3 is 15.5 Å². The largest absolute Gasteiger partial charge is 0.391 e. The molecule has 3 atom stereocenters. The van der Waals surface area contributed by atoms with Crippen LogP contribution in [0.5, 0.6) is 0 Å². The van der Waals surface area contributed by atoms with Crippen molar-refractivity contribution in [2.45, 2.75) is 212 Å². The van der Waals surface area contributed by atoms with Gasteiger partial charge in [-0.3, -0.25) is 9.35 Å². The molecule has 0 aromatic rings. The fourth-order valence-corrected chi connectivity index (χ4v) is 6.57. The zero-order valence-corrected chi connectivity index (χ0v) is 29.0. The van der Waals surface area contributed by atoms with E-state index in [9.17, 15) is 28.0 Å². The summed E-state index contributed by atoms with van der Waals surface area (Å²) < 4.78 is 32.4. The number of carbonyl (C=O) groups excluding carboxylic acids is 1. The summed E-state index contributed by atoms with van der Waals surface area (Å²) in [5.74, 6) is -1.45. The molecule has 0 aliphatic carbocycles. The van der Waals surface area contributed by atoms with Gasteiger partial charge in [0.1, 0.15) is 6.10 Å². The number of aliphatic hydroxyl groups excluding tert-OH is 2. The Hall–Kier alpha value is -0.700. The van der Waals surface area contributed by atoms with E-state index in [1.807, 2.05) is 0 Å². The van der Waals surface area contributed by atoms with Crippen LogP contribution in [-0.2, 0) is 14.9 Å². The number of hydrogen-bond donors (Lipinski definition) is 4. The molecule has 7 nitrogen and oxygen atoms in total. The Morgan fingerprint density at radius 2 is 0.837 bits per heavy atom. The Morgan fingerprint density at radius 1 is 0.535 bits per heavy atom. The minimum atomic E-state index is -4.39. The fraction of sp³-hybridized carbons (Fsp3) is 0.971. The first kappa shape index (κ1) is 42.3. The second kappa shape index (κ2) is 30.0. The Kier molecular flexibility index (Phi) is 29.5. The lowest BCUT2D eigenvalue weighted by atomic mass is 10.0. The van der Waals surface area contributed by atoms with Crippen molar-refractivity contribution in [2.24, 2.45) is 0 Å². The molecular formula is C35H71NO6S. The van der Waals surface area contributed by atoms with Crippen molar-refractivity contribution in [1.82, 2.24) is 5.32 Å². The summed E-state index contributed by atoms with van der Waals surface area (Å²) in [6.45, 7) is 4.47. The lowest BCUT2D eigenvalue weighted by Crippen LogP contribution is -2.50. The number of hydrogen-bond acceptors (Lipinski definition) is 5. The van der Waals surface area contributed by atoms with E-state index in [4.69, 9.17) is 0 Å². The van der Waals surface area contributed by atoms with Gasteiger partial charge in [0, 0.05) is 0 Å². The number of amides is 1. The van der Waals surface area contributed by atoms with Gasteiger partial charge in [-0.15, -0.1) is 0 Å². The fourth-order valence-electron chi connectivity index (χ4n) is 5.81. The number of unbranched alkanes of at least 4 members (excludes halogenated alkanes) is 24. The second-order valence-electron chi connectivity index (χ2n) is 13.0. The molecule has 4 N–H and O–H groups in total. The van der Waals surface area contributed by atoms with Crippen molar-refractivity contribution in [3.8, 4) is 0 Å². The van der Waals surface area contributed by atoms with E-state index in [0.717, 1.165) is 44.9 Å². The van der Waals surface area contributed by atoms with Gasteiger partial charge in [-0.1, -0.05) is 181 Å². The molecular weight excluding hydrogens is 562 g/mol. The first-order valence-electron chi connectivity index (χ1n) is 18.3. The monoisotopic (exact) mass is 634 g/mol. The average molecular weight is 634 g/mol. The molecule has 0 aromatic heterocycles. The molecule has 0 fully saturated rings. The molecule has 0 aliphatic heterocycles. The maximum atomic E-state index is 12.5. The van der Waals surface area contributed by atoms with Crippen LogP contribution in [0.2, 0.25) is 0 Å². The van der Waals surface area contributed by atoms with Crippen LogP contribution in [0.25, 0.3) is 0 Å². The summed E-state index contributed by atoms with van der Waals surface area (Å²) in [7, 11) is -4.39. The highest BCUT2D eigenvalue weighted by atomic mass is 32.2. The summed E-state index contributed by atoms with van der Waals surface area (Å²) in [5, 5.41) is 23.4. The van der Waals surface area contributed by atoms with E-state index < -0.39 is 40.0 Å². The highest BCUT2D eigenvalue weighted by molar-refractivity contribution is 7.85. The quantitative estimate of drug-likeness (QED) is 0.0422. The van der Waals surface area contributed by atoms with Gasteiger partial charge in [0.15, 0.2) is 0 Å². The van der Waals surface area contributed by atoms with Gasteiger partial charge >= 0.3 is 0 Å². The van der Waals surface area contributed by atoms with Crippen molar-refractivity contribution in [2.75, 3.05) is 5.75 Å². The molecule has 0 spiro atoms. The minimum absolute atomic E-state index is 0.301. The summed E-state index contributed by atoms with van der Waals surface area (Å²) in [4.78, 5) is 12.5. The normalized spacial score (nSPS) is 14.1. The van der Waals surface area contributed by atoms with E-state index in [1.54, 1.807) is 0 Å². The van der Waals surface area contributed by atoms with Gasteiger partial charge in [-0.2, -0.15) is 8.42 Å². The summed E-state index contributed by atoms with van der Waals surface area (Å²) >= 11 is 0. The maximum absolute atomic E-state index is 12.5. The van der Waals surface area contributed by atoms with Crippen molar-refractivity contribution >= 4 is 16.0 Å². The molecule has 43 heavy (non-hydrogen) atoms. The van der Waals surface area contributed by atoms with Crippen LogP contribution in [0.3, 0.4) is 0 Å². The molecule has 0 radical (unpaired) electrons. The Bertz CT molecular complexity index is 717. The Labute approximate surface area is 266 Å². The van der Waals surface area contributed by atoms with E-state index in [2.05, 4.69) is 19.2 Å². The molecule has 3 unspecified atom stereocenters. The van der Waals surface area contributed by atoms with E-state index in [1.165, 1.54) is 116 Å². The maximum Gasteiger partial charge on any atom is 0.266 e. The molecule has 0 saturated heterocycles. The third-order valence-electron chi connectivity index (χ3n) is 8.67. The van der Waals surface area contributed by atoms with Crippen LogP contribution in [0.4, 0.5) is 0 Å². The summed E-state index contributed by atoms with van der Waals surface area (Å²) in [6, 6.07) is -1.14. The van der Waals surface area contributed by atoms with Gasteiger partial charge in [-0.25, -0.2) is 0 Å². The minimum Gasteiger partial charge on any atom is -0.391 e. The molecule has 0 aromatic carbocycles. The molecule has 0 bridgehead atoms. The number of aliphatic hydroxyl groups is 2. The average Bonchev–Trinajstić information content (AvgIpc) is 2.96. The molecule has 0 saturated carbocycles. The molecule has 0 heterocycles. The third kappa shape index (κ3) is 29.8. The lowest BCUT2D eigenvalue weighted by molar-refractivity contribution is -0.131. The van der Waals surface area contributed by atoms with Crippen molar-refractivity contribution in [3.63, 3.8) is 0 Å². The summed E-state index contributed by atoms with van der Waals surface area (Å²) in [5.41, 5.74) is 0. The number of rotatable bonds is 33. The zero-order valence-electron chi connectivity index (χ0n) is 28.2. The Morgan fingerprint density at radius 3 is 1.16 bits per heavy atom. The first-order valence-corrected chi connectivity index (χ1v) is 19.9. The predicted molar refractivity (Wildman–Crippen MR) is 181 cm³/mol. The number of carbonyl (C=O) groups is 1. The van der Waals surface area contributed by atoms with Crippen LogP contribution >= 0.6 is 0 Å². The standard InChI is InChI=1S/C35H71NO6S/c1-3-5-7-9-11-13-14-15-16-17-18-19-20-22-23-25-27-29-33(37)32(31-43(40,41)42)36-35(39)34(38)30-28-26-24-21-12-10-8-6-4-2/h32-34,37-38H,3-31H2,1-2H3,(H,36,39)(H,40,41,42). The topological polar surface area (TPSA) is 124 Å². The first-order chi connectivity index (χ1) is 20.7. The molecule has 0 rings (SSSR count). The third-order valence-corrected chi connectivity index (χ3v) is 9.45. The lowest BCUT2D eigenvalue weighted by Gasteiger charge is -2.24. The molecule has 1 amide bonds. The SMILES string of the molecule is CCCCCCCCCCCCCCCCCCCC(O)C(CS(=O)(=O)O)NC(=O)C(O)CCCCCCCCCCC. The van der Waals surface area contributed by atoms with Crippen molar-refractivity contribution in [3.05, 3.63) is 0 Å². The smallest absolute Gasteiger partial charge is 0.266 e. The van der Waals surface area contributed by atoms with Crippen LogP contribution in [0.1, 0.15) is 194 Å². The zero-order chi connectivity index (χ0) is 32.0. The predicted octanol–water partition coefficient (Wildman–Crippen LogP) is 9.04. The molecule has 8 heteroatoms. The van der Waals surface area contributed by atoms with E-state index in [-0.39, 0.29) is 0 Å². The molecule has 258 valence electrons.